The first kappa shape index (κ1) is 12.7. The number of carbonyl (C=O) groups excluding carboxylic acids is 1. The van der Waals surface area contributed by atoms with Gasteiger partial charge in [-0.3, -0.25) is 9.69 Å². The van der Waals surface area contributed by atoms with Gasteiger partial charge in [0.25, 0.3) is 0 Å². The van der Waals surface area contributed by atoms with Crippen molar-refractivity contribution < 1.29 is 9.53 Å². The summed E-state index contributed by atoms with van der Waals surface area (Å²) in [5, 5.41) is 1.95. The van der Waals surface area contributed by atoms with Crippen molar-refractivity contribution in [1.82, 2.24) is 4.90 Å². The summed E-state index contributed by atoms with van der Waals surface area (Å²) < 4.78 is 5.61. The number of Topliss-reactive ketones (excluding diaryl/α,β-unsaturated/α-hetero) is 1. The third-order valence-electron chi connectivity index (χ3n) is 3.10. The van der Waals surface area contributed by atoms with Crippen LogP contribution < -0.4 is 0 Å². The monoisotopic (exact) mass is 253 g/mol. The molecule has 0 N–H and O–H groups in total. The molecule has 1 aliphatic heterocycles. The van der Waals surface area contributed by atoms with E-state index in [1.165, 1.54) is 11.3 Å². The van der Waals surface area contributed by atoms with Crippen molar-refractivity contribution in [2.45, 2.75) is 25.9 Å². The van der Waals surface area contributed by atoms with E-state index in [1.54, 1.807) is 0 Å². The average molecular weight is 253 g/mol. The van der Waals surface area contributed by atoms with Gasteiger partial charge in [0.05, 0.1) is 17.5 Å². The number of nitrogens with zero attached hydrogens (tertiary/aromatic N) is 1. The Labute approximate surface area is 106 Å². The van der Waals surface area contributed by atoms with Crippen LogP contribution in [0.4, 0.5) is 0 Å². The Morgan fingerprint density at radius 2 is 2.53 bits per heavy atom. The van der Waals surface area contributed by atoms with Gasteiger partial charge in [-0.15, -0.1) is 11.3 Å². The molecule has 1 aliphatic rings. The molecule has 1 unspecified atom stereocenters. The third kappa shape index (κ3) is 3.63. The van der Waals surface area contributed by atoms with Crippen molar-refractivity contribution >= 4 is 17.1 Å². The maximum atomic E-state index is 12.0. The molecule has 1 fully saturated rings. The van der Waals surface area contributed by atoms with Gasteiger partial charge >= 0.3 is 0 Å². The summed E-state index contributed by atoms with van der Waals surface area (Å²) in [5.41, 5.74) is 0. The van der Waals surface area contributed by atoms with Crippen molar-refractivity contribution in [2.75, 3.05) is 26.2 Å². The van der Waals surface area contributed by atoms with E-state index in [-0.39, 0.29) is 5.78 Å². The molecule has 4 heteroatoms. The fourth-order valence-corrected chi connectivity index (χ4v) is 2.76. The number of ketones is 1. The van der Waals surface area contributed by atoms with E-state index in [9.17, 15) is 4.79 Å². The molecule has 0 aromatic carbocycles. The van der Waals surface area contributed by atoms with Crippen LogP contribution in [-0.4, -0.2) is 43.0 Å². The summed E-state index contributed by atoms with van der Waals surface area (Å²) in [7, 11) is 0. The van der Waals surface area contributed by atoms with Crippen LogP contribution in [0.15, 0.2) is 17.5 Å². The largest absolute Gasteiger partial charge is 0.377 e. The topological polar surface area (TPSA) is 29.5 Å². The van der Waals surface area contributed by atoms with Gasteiger partial charge in [0.15, 0.2) is 5.78 Å². The van der Waals surface area contributed by atoms with E-state index in [0.29, 0.717) is 12.6 Å². The zero-order chi connectivity index (χ0) is 12.1. The first-order valence-corrected chi connectivity index (χ1v) is 7.08. The molecule has 0 bridgehead atoms. The molecule has 1 aromatic heterocycles. The second-order valence-electron chi connectivity index (χ2n) is 4.36. The molecular formula is C13H19NO2S. The number of ether oxygens (including phenoxy) is 1. The van der Waals surface area contributed by atoms with Crippen molar-refractivity contribution in [3.05, 3.63) is 22.4 Å². The van der Waals surface area contributed by atoms with Crippen LogP contribution in [0, 0.1) is 0 Å². The molecule has 0 saturated carbocycles. The van der Waals surface area contributed by atoms with Crippen LogP contribution in [0.5, 0.6) is 0 Å². The van der Waals surface area contributed by atoms with Crippen molar-refractivity contribution in [2.24, 2.45) is 0 Å². The number of hydrogen-bond acceptors (Lipinski definition) is 4. The molecule has 94 valence electrons. The maximum absolute atomic E-state index is 12.0. The highest BCUT2D eigenvalue weighted by atomic mass is 32.1. The smallest absolute Gasteiger partial charge is 0.186 e. The number of likely N-dealkylation sites (N-methyl/N-ethyl adjacent to an activating group) is 1. The molecule has 17 heavy (non-hydrogen) atoms. The Bertz CT molecular complexity index is 344. The molecule has 0 amide bonds. The molecule has 2 rings (SSSR count). The van der Waals surface area contributed by atoms with Gasteiger partial charge < -0.3 is 4.74 Å². The van der Waals surface area contributed by atoms with Gasteiger partial charge in [-0.25, -0.2) is 0 Å². The zero-order valence-corrected chi connectivity index (χ0v) is 11.0. The lowest BCUT2D eigenvalue weighted by Gasteiger charge is -2.22. The van der Waals surface area contributed by atoms with Crippen LogP contribution in [0.2, 0.25) is 0 Å². The molecule has 0 spiro atoms. The minimum Gasteiger partial charge on any atom is -0.377 e. The predicted molar refractivity (Wildman–Crippen MR) is 69.7 cm³/mol. The number of rotatable bonds is 6. The molecular weight excluding hydrogens is 234 g/mol. The fraction of sp³-hybridized carbons (Fsp3) is 0.615. The Morgan fingerprint density at radius 1 is 1.65 bits per heavy atom. The van der Waals surface area contributed by atoms with Gasteiger partial charge in [0, 0.05) is 13.2 Å². The lowest BCUT2D eigenvalue weighted by atomic mass is 10.2. The Morgan fingerprint density at radius 3 is 3.12 bits per heavy atom. The van der Waals surface area contributed by atoms with Crippen LogP contribution >= 0.6 is 11.3 Å². The Balaban J connectivity index is 1.84. The minimum atomic E-state index is 0.222. The summed E-state index contributed by atoms with van der Waals surface area (Å²) in [6.07, 6.45) is 2.61. The van der Waals surface area contributed by atoms with Crippen molar-refractivity contribution in [3.8, 4) is 0 Å². The predicted octanol–water partition coefficient (Wildman–Crippen LogP) is 2.43. The number of thiophene rings is 1. The van der Waals surface area contributed by atoms with E-state index in [4.69, 9.17) is 4.74 Å². The third-order valence-corrected chi connectivity index (χ3v) is 4.01. The van der Waals surface area contributed by atoms with Gasteiger partial charge in [-0.2, -0.15) is 0 Å². The summed E-state index contributed by atoms with van der Waals surface area (Å²) in [5.74, 6) is 0.222. The molecule has 1 saturated heterocycles. The molecule has 1 aromatic rings. The second kappa shape index (κ2) is 6.28. The normalized spacial score (nSPS) is 20.0. The first-order valence-electron chi connectivity index (χ1n) is 6.20. The SMILES string of the molecule is CCN(CC(=O)c1cccs1)CC1CCCO1. The highest BCUT2D eigenvalue weighted by molar-refractivity contribution is 7.12. The average Bonchev–Trinajstić information content (AvgIpc) is 3.00. The molecule has 0 radical (unpaired) electrons. The summed E-state index contributed by atoms with van der Waals surface area (Å²) in [6, 6.07) is 3.82. The summed E-state index contributed by atoms with van der Waals surface area (Å²) in [6.45, 7) is 5.26. The minimum absolute atomic E-state index is 0.222. The Kier molecular flexibility index (Phi) is 4.71. The lowest BCUT2D eigenvalue weighted by molar-refractivity contribution is 0.0688. The second-order valence-corrected chi connectivity index (χ2v) is 5.31. The van der Waals surface area contributed by atoms with E-state index >= 15 is 0 Å². The quantitative estimate of drug-likeness (QED) is 0.729. The van der Waals surface area contributed by atoms with E-state index in [2.05, 4.69) is 11.8 Å². The van der Waals surface area contributed by atoms with Crippen LogP contribution in [0.3, 0.4) is 0 Å². The number of carbonyl (C=O) groups is 1. The summed E-state index contributed by atoms with van der Waals surface area (Å²) in [4.78, 5) is 15.0. The lowest BCUT2D eigenvalue weighted by Crippen LogP contribution is -2.35. The zero-order valence-electron chi connectivity index (χ0n) is 10.2. The maximum Gasteiger partial charge on any atom is 0.186 e. The highest BCUT2D eigenvalue weighted by Crippen LogP contribution is 2.14. The number of hydrogen-bond donors (Lipinski definition) is 0. The van der Waals surface area contributed by atoms with Crippen molar-refractivity contribution in [1.29, 1.82) is 0 Å². The molecule has 0 aliphatic carbocycles. The fourth-order valence-electron chi connectivity index (χ4n) is 2.10. The van der Waals surface area contributed by atoms with Crippen molar-refractivity contribution in [3.63, 3.8) is 0 Å². The van der Waals surface area contributed by atoms with Gasteiger partial charge in [-0.1, -0.05) is 13.0 Å². The van der Waals surface area contributed by atoms with Crippen LogP contribution in [0.1, 0.15) is 29.4 Å². The Hall–Kier alpha value is -0.710. The molecule has 3 nitrogen and oxygen atoms in total. The first-order chi connectivity index (χ1) is 8.29. The van der Waals surface area contributed by atoms with E-state index in [0.717, 1.165) is 37.4 Å². The molecule has 1 atom stereocenters. The summed E-state index contributed by atoms with van der Waals surface area (Å²) >= 11 is 1.52. The van der Waals surface area contributed by atoms with Gasteiger partial charge in [0.1, 0.15) is 0 Å². The van der Waals surface area contributed by atoms with Crippen LogP contribution in [0.25, 0.3) is 0 Å². The van der Waals surface area contributed by atoms with E-state index in [1.807, 2.05) is 17.5 Å². The van der Waals surface area contributed by atoms with E-state index < -0.39 is 0 Å². The highest BCUT2D eigenvalue weighted by Gasteiger charge is 2.20. The van der Waals surface area contributed by atoms with Gasteiger partial charge in [-0.05, 0) is 30.8 Å². The standard InChI is InChI=1S/C13H19NO2S/c1-2-14(9-11-5-3-7-16-11)10-12(15)13-6-4-8-17-13/h4,6,8,11H,2-3,5,7,9-10H2,1H3. The van der Waals surface area contributed by atoms with Crippen LogP contribution in [-0.2, 0) is 4.74 Å². The molecule has 2 heterocycles. The van der Waals surface area contributed by atoms with Gasteiger partial charge in [0.2, 0.25) is 0 Å².